The summed E-state index contributed by atoms with van der Waals surface area (Å²) in [5, 5.41) is 0. The van der Waals surface area contributed by atoms with Gasteiger partial charge in [0.2, 0.25) is 10.0 Å². The monoisotopic (exact) mass is 335 g/mol. The molecule has 0 N–H and O–H groups in total. The number of rotatable bonds is 3. The maximum Gasteiger partial charge on any atom is 0.243 e. The SMILES string of the molecule is CCC1CCN(S(=O)(=O)c2ccc(Br)c(F)c2)C1. The molecule has 1 unspecified atom stereocenters. The van der Waals surface area contributed by atoms with Gasteiger partial charge in [-0.25, -0.2) is 12.8 Å². The molecule has 0 spiro atoms. The molecular formula is C12H15BrFNO2S. The van der Waals surface area contributed by atoms with Gasteiger partial charge in [-0.05, 0) is 46.5 Å². The molecule has 6 heteroatoms. The summed E-state index contributed by atoms with van der Waals surface area (Å²) in [6.07, 6.45) is 1.86. The van der Waals surface area contributed by atoms with Gasteiger partial charge < -0.3 is 0 Å². The third kappa shape index (κ3) is 2.60. The van der Waals surface area contributed by atoms with Crippen molar-refractivity contribution >= 4 is 26.0 Å². The van der Waals surface area contributed by atoms with Gasteiger partial charge in [-0.3, -0.25) is 0 Å². The fourth-order valence-electron chi connectivity index (χ4n) is 2.14. The van der Waals surface area contributed by atoms with Crippen LogP contribution in [-0.4, -0.2) is 25.8 Å². The molecule has 1 atom stereocenters. The molecule has 1 aliphatic rings. The third-order valence-corrected chi connectivity index (χ3v) is 5.86. The predicted octanol–water partition coefficient (Wildman–Crippen LogP) is 3.01. The van der Waals surface area contributed by atoms with Crippen molar-refractivity contribution < 1.29 is 12.8 Å². The van der Waals surface area contributed by atoms with E-state index in [1.54, 1.807) is 0 Å². The molecule has 0 aromatic heterocycles. The minimum Gasteiger partial charge on any atom is -0.207 e. The Morgan fingerprint density at radius 3 is 2.78 bits per heavy atom. The molecule has 1 heterocycles. The summed E-state index contributed by atoms with van der Waals surface area (Å²) in [4.78, 5) is 0.0277. The summed E-state index contributed by atoms with van der Waals surface area (Å²) in [5.74, 6) is -0.137. The van der Waals surface area contributed by atoms with Gasteiger partial charge in [0.15, 0.2) is 0 Å². The fourth-order valence-corrected chi connectivity index (χ4v) is 3.93. The zero-order valence-electron chi connectivity index (χ0n) is 10.1. The number of hydrogen-bond donors (Lipinski definition) is 0. The molecule has 1 aromatic carbocycles. The molecule has 0 amide bonds. The summed E-state index contributed by atoms with van der Waals surface area (Å²) >= 11 is 3.02. The molecule has 0 radical (unpaired) electrons. The van der Waals surface area contributed by atoms with Gasteiger partial charge in [0.05, 0.1) is 9.37 Å². The van der Waals surface area contributed by atoms with Gasteiger partial charge in [0.1, 0.15) is 5.82 Å². The van der Waals surface area contributed by atoms with Crippen molar-refractivity contribution in [1.29, 1.82) is 0 Å². The van der Waals surface area contributed by atoms with E-state index < -0.39 is 15.8 Å². The highest BCUT2D eigenvalue weighted by molar-refractivity contribution is 9.10. The third-order valence-electron chi connectivity index (χ3n) is 3.35. The highest BCUT2D eigenvalue weighted by Crippen LogP contribution is 2.27. The van der Waals surface area contributed by atoms with E-state index in [1.807, 2.05) is 0 Å². The predicted molar refractivity (Wildman–Crippen MR) is 71.3 cm³/mol. The largest absolute Gasteiger partial charge is 0.243 e. The number of halogens is 2. The summed E-state index contributed by atoms with van der Waals surface area (Å²) in [6.45, 7) is 3.12. The van der Waals surface area contributed by atoms with Crippen LogP contribution in [-0.2, 0) is 10.0 Å². The molecule has 1 aliphatic heterocycles. The average Bonchev–Trinajstić information content (AvgIpc) is 2.81. The topological polar surface area (TPSA) is 37.4 Å². The maximum atomic E-state index is 13.4. The van der Waals surface area contributed by atoms with Crippen LogP contribution in [0.25, 0.3) is 0 Å². The quantitative estimate of drug-likeness (QED) is 0.851. The van der Waals surface area contributed by atoms with E-state index in [9.17, 15) is 12.8 Å². The number of nitrogens with zero attached hydrogens (tertiary/aromatic N) is 1. The molecule has 1 aromatic rings. The van der Waals surface area contributed by atoms with E-state index >= 15 is 0 Å². The van der Waals surface area contributed by atoms with Crippen LogP contribution in [0.15, 0.2) is 27.6 Å². The second kappa shape index (κ2) is 5.27. The van der Waals surface area contributed by atoms with Crippen molar-refractivity contribution in [2.24, 2.45) is 5.92 Å². The molecule has 18 heavy (non-hydrogen) atoms. The first-order valence-electron chi connectivity index (χ1n) is 5.90. The van der Waals surface area contributed by atoms with Crippen molar-refractivity contribution in [1.82, 2.24) is 4.31 Å². The molecule has 1 saturated heterocycles. The summed E-state index contributed by atoms with van der Waals surface area (Å²) in [6, 6.07) is 3.93. The lowest BCUT2D eigenvalue weighted by atomic mass is 10.1. The summed E-state index contributed by atoms with van der Waals surface area (Å²) in [7, 11) is -3.55. The molecule has 100 valence electrons. The Labute approximate surface area is 115 Å². The Morgan fingerprint density at radius 2 is 2.22 bits per heavy atom. The second-order valence-electron chi connectivity index (χ2n) is 4.50. The highest BCUT2D eigenvalue weighted by Gasteiger charge is 2.31. The van der Waals surface area contributed by atoms with Crippen LogP contribution in [0, 0.1) is 11.7 Å². The first kappa shape index (κ1) is 14.0. The molecule has 0 bridgehead atoms. The molecular weight excluding hydrogens is 321 g/mol. The Morgan fingerprint density at radius 1 is 1.50 bits per heavy atom. The first-order valence-corrected chi connectivity index (χ1v) is 8.13. The van der Waals surface area contributed by atoms with Crippen molar-refractivity contribution in [2.75, 3.05) is 13.1 Å². The smallest absolute Gasteiger partial charge is 0.207 e. The van der Waals surface area contributed by atoms with Crippen LogP contribution in [0.1, 0.15) is 19.8 Å². The Hall–Kier alpha value is -0.460. The Balaban J connectivity index is 2.28. The maximum absolute atomic E-state index is 13.4. The van der Waals surface area contributed by atoms with E-state index in [-0.39, 0.29) is 9.37 Å². The van der Waals surface area contributed by atoms with Crippen LogP contribution in [0.3, 0.4) is 0 Å². The van der Waals surface area contributed by atoms with E-state index in [2.05, 4.69) is 22.9 Å². The number of sulfonamides is 1. The van der Waals surface area contributed by atoms with Crippen molar-refractivity contribution in [2.45, 2.75) is 24.7 Å². The summed E-state index contributed by atoms with van der Waals surface area (Å²) < 4.78 is 39.7. The van der Waals surface area contributed by atoms with E-state index in [0.29, 0.717) is 19.0 Å². The Kier molecular flexibility index (Phi) is 4.08. The van der Waals surface area contributed by atoms with Crippen LogP contribution >= 0.6 is 15.9 Å². The standard InChI is InChI=1S/C12H15BrFNO2S/c1-2-9-5-6-15(8-9)18(16,17)10-3-4-11(13)12(14)7-10/h3-4,7,9H,2,5-6,8H2,1H3. The van der Waals surface area contributed by atoms with Crippen LogP contribution in [0.4, 0.5) is 4.39 Å². The normalized spacial score (nSPS) is 21.4. The molecule has 0 aliphatic carbocycles. The van der Waals surface area contributed by atoms with Crippen LogP contribution in [0.5, 0.6) is 0 Å². The number of hydrogen-bond acceptors (Lipinski definition) is 2. The van der Waals surface area contributed by atoms with E-state index in [0.717, 1.165) is 18.9 Å². The van der Waals surface area contributed by atoms with E-state index in [1.165, 1.54) is 16.4 Å². The lowest BCUT2D eigenvalue weighted by Crippen LogP contribution is -2.28. The van der Waals surface area contributed by atoms with Gasteiger partial charge in [0, 0.05) is 13.1 Å². The molecule has 2 rings (SSSR count). The fraction of sp³-hybridized carbons (Fsp3) is 0.500. The van der Waals surface area contributed by atoms with Crippen molar-refractivity contribution in [3.63, 3.8) is 0 Å². The first-order chi connectivity index (χ1) is 8.45. The van der Waals surface area contributed by atoms with Crippen molar-refractivity contribution in [3.8, 4) is 0 Å². The number of benzene rings is 1. The van der Waals surface area contributed by atoms with Crippen LogP contribution < -0.4 is 0 Å². The minimum absolute atomic E-state index is 0.0277. The summed E-state index contributed by atoms with van der Waals surface area (Å²) in [5.41, 5.74) is 0. The van der Waals surface area contributed by atoms with Gasteiger partial charge in [-0.15, -0.1) is 0 Å². The zero-order valence-corrected chi connectivity index (χ0v) is 12.5. The molecule has 0 saturated carbocycles. The van der Waals surface area contributed by atoms with E-state index in [4.69, 9.17) is 0 Å². The van der Waals surface area contributed by atoms with Gasteiger partial charge >= 0.3 is 0 Å². The van der Waals surface area contributed by atoms with Gasteiger partial charge in [-0.1, -0.05) is 13.3 Å². The lowest BCUT2D eigenvalue weighted by molar-refractivity contribution is 0.452. The zero-order chi connectivity index (χ0) is 13.3. The minimum atomic E-state index is -3.55. The highest BCUT2D eigenvalue weighted by atomic mass is 79.9. The average molecular weight is 336 g/mol. The lowest BCUT2D eigenvalue weighted by Gasteiger charge is -2.16. The Bertz CT molecular complexity index is 547. The van der Waals surface area contributed by atoms with Crippen molar-refractivity contribution in [3.05, 3.63) is 28.5 Å². The molecule has 1 fully saturated rings. The molecule has 3 nitrogen and oxygen atoms in total. The second-order valence-corrected chi connectivity index (χ2v) is 7.29. The van der Waals surface area contributed by atoms with Gasteiger partial charge in [0.25, 0.3) is 0 Å². The van der Waals surface area contributed by atoms with Gasteiger partial charge in [-0.2, -0.15) is 4.31 Å². The van der Waals surface area contributed by atoms with Crippen LogP contribution in [0.2, 0.25) is 0 Å².